The fourth-order valence-electron chi connectivity index (χ4n) is 7.77. The molecule has 0 radical (unpaired) electrons. The third-order valence-corrected chi connectivity index (χ3v) is 9.61. The van der Waals surface area contributed by atoms with Gasteiger partial charge in [0.15, 0.2) is 5.96 Å². The normalized spacial score (nSPS) is 38.9. The van der Waals surface area contributed by atoms with Crippen LogP contribution in [0.5, 0.6) is 0 Å². The largest absolute Gasteiger partial charge is 0.390 e. The number of H-pyrrole nitrogens is 1. The monoisotopic (exact) mass is 480 g/mol. The topological polar surface area (TPSA) is 127 Å². The first-order chi connectivity index (χ1) is 16.6. The van der Waals surface area contributed by atoms with E-state index in [2.05, 4.69) is 40.1 Å². The Kier molecular flexibility index (Phi) is 6.22. The van der Waals surface area contributed by atoms with Crippen LogP contribution < -0.4 is 11.1 Å². The molecule has 0 spiro atoms. The van der Waals surface area contributed by atoms with E-state index < -0.39 is 17.3 Å². The van der Waals surface area contributed by atoms with E-state index in [1.165, 1.54) is 5.39 Å². The number of aromatic nitrogens is 1. The molecule has 0 amide bonds. The number of nitrogens with one attached hydrogen (secondary N) is 2. The summed E-state index contributed by atoms with van der Waals surface area (Å²) in [6.45, 7) is 6.88. The molecule has 0 saturated heterocycles. The minimum absolute atomic E-state index is 0.133. The highest BCUT2D eigenvalue weighted by Gasteiger charge is 2.65. The Balaban J connectivity index is 1.43. The van der Waals surface area contributed by atoms with Gasteiger partial charge in [0.25, 0.3) is 0 Å². The number of aromatic amines is 1. The molecule has 1 aromatic carbocycles. The van der Waals surface area contributed by atoms with Crippen molar-refractivity contribution in [2.45, 2.75) is 62.8 Å². The lowest BCUT2D eigenvalue weighted by Gasteiger charge is -2.43. The van der Waals surface area contributed by atoms with Crippen LogP contribution in [0, 0.1) is 29.6 Å². The highest BCUT2D eigenvalue weighted by molar-refractivity contribution is 5.80. The number of aliphatic imine (C=N–C) groups is 1. The Bertz CT molecular complexity index is 1090. The number of allylic oxidation sites excluding steroid dienone is 1. The molecule has 4 saturated carbocycles. The summed E-state index contributed by atoms with van der Waals surface area (Å²) in [7, 11) is 1.61. The van der Waals surface area contributed by atoms with Crippen molar-refractivity contribution in [3.05, 3.63) is 48.2 Å². The lowest BCUT2D eigenvalue weighted by atomic mass is 9.64. The van der Waals surface area contributed by atoms with Gasteiger partial charge in [-0.25, -0.2) is 0 Å². The van der Waals surface area contributed by atoms with Crippen LogP contribution in [-0.2, 0) is 6.42 Å². The zero-order valence-corrected chi connectivity index (χ0v) is 20.9. The molecule has 1 heterocycles. The van der Waals surface area contributed by atoms with Crippen molar-refractivity contribution in [3.63, 3.8) is 0 Å². The van der Waals surface area contributed by atoms with Gasteiger partial charge >= 0.3 is 0 Å². The number of rotatable bonds is 6. The number of nitrogens with two attached hydrogens (primary N) is 1. The highest BCUT2D eigenvalue weighted by atomic mass is 16.3. The second-order valence-electron chi connectivity index (χ2n) is 11.4. The van der Waals surface area contributed by atoms with E-state index in [-0.39, 0.29) is 29.6 Å². The summed E-state index contributed by atoms with van der Waals surface area (Å²) in [6.07, 6.45) is 3.38. The second kappa shape index (κ2) is 8.95. The molecule has 8 atom stereocenters. The minimum Gasteiger partial charge on any atom is -0.390 e. The van der Waals surface area contributed by atoms with Crippen molar-refractivity contribution in [2.75, 3.05) is 13.6 Å². The van der Waals surface area contributed by atoms with Crippen molar-refractivity contribution >= 4 is 16.9 Å². The first-order valence-electron chi connectivity index (χ1n) is 13.0. The van der Waals surface area contributed by atoms with Crippen molar-refractivity contribution in [3.8, 4) is 0 Å². The summed E-state index contributed by atoms with van der Waals surface area (Å²) >= 11 is 0. The summed E-state index contributed by atoms with van der Waals surface area (Å²) in [5, 5.41) is 39.1. The third kappa shape index (κ3) is 4.07. The summed E-state index contributed by atoms with van der Waals surface area (Å²) < 4.78 is 0. The molecule has 4 aliphatic carbocycles. The van der Waals surface area contributed by atoms with Crippen LogP contribution in [0.2, 0.25) is 0 Å². The van der Waals surface area contributed by atoms with Crippen molar-refractivity contribution < 1.29 is 15.3 Å². The predicted molar refractivity (Wildman–Crippen MR) is 139 cm³/mol. The SMILES string of the molecule is C=C(Cc1cc2ccccc2[nH]1)[C@H]1C[C@H]2CC[C@@H]1[C@H]1[C@H](C[C@@H](O)[C@@]1(O)CCNC(N)=NC)[C@]2(C)O. The second-order valence-corrected chi connectivity index (χ2v) is 11.4. The number of hydrogen-bond acceptors (Lipinski definition) is 4. The third-order valence-electron chi connectivity index (χ3n) is 9.61. The number of fused-ring (bicyclic) bond motifs is 3. The molecule has 7 N–H and O–H groups in total. The van der Waals surface area contributed by atoms with E-state index in [9.17, 15) is 15.3 Å². The maximum absolute atomic E-state index is 12.0. The molecule has 7 nitrogen and oxygen atoms in total. The highest BCUT2D eigenvalue weighted by Crippen LogP contribution is 2.62. The van der Waals surface area contributed by atoms with E-state index in [1.54, 1.807) is 7.05 Å². The molecule has 1 aromatic heterocycles. The minimum atomic E-state index is -1.29. The molecule has 0 aliphatic heterocycles. The van der Waals surface area contributed by atoms with Crippen molar-refractivity contribution in [1.82, 2.24) is 10.3 Å². The first-order valence-corrected chi connectivity index (χ1v) is 13.0. The van der Waals surface area contributed by atoms with E-state index >= 15 is 0 Å². The molecule has 7 heteroatoms. The van der Waals surface area contributed by atoms with Gasteiger partial charge in [-0.3, -0.25) is 4.99 Å². The smallest absolute Gasteiger partial charge is 0.188 e. The zero-order valence-electron chi connectivity index (χ0n) is 20.9. The number of guanidine groups is 1. The molecule has 2 aromatic rings. The molecule has 6 rings (SSSR count). The van der Waals surface area contributed by atoms with Crippen LogP contribution in [0.25, 0.3) is 10.9 Å². The van der Waals surface area contributed by atoms with Crippen LogP contribution in [-0.4, -0.2) is 57.2 Å². The molecular formula is C28H40N4O3. The molecule has 4 aliphatic rings. The van der Waals surface area contributed by atoms with Crippen LogP contribution in [0.1, 0.15) is 44.7 Å². The maximum Gasteiger partial charge on any atom is 0.188 e. The van der Waals surface area contributed by atoms with E-state index in [4.69, 9.17) is 5.73 Å². The summed E-state index contributed by atoms with van der Waals surface area (Å²) in [4.78, 5) is 7.45. The number of nitrogens with zero attached hydrogens (tertiary/aromatic N) is 1. The predicted octanol–water partition coefficient (Wildman–Crippen LogP) is 2.72. The lowest BCUT2D eigenvalue weighted by molar-refractivity contribution is -0.113. The average molecular weight is 481 g/mol. The van der Waals surface area contributed by atoms with Gasteiger partial charge in [-0.2, -0.15) is 0 Å². The number of hydrogen-bond donors (Lipinski definition) is 6. The molecule has 35 heavy (non-hydrogen) atoms. The van der Waals surface area contributed by atoms with Crippen LogP contribution >= 0.6 is 0 Å². The van der Waals surface area contributed by atoms with Gasteiger partial charge in [0, 0.05) is 31.2 Å². The summed E-state index contributed by atoms with van der Waals surface area (Å²) in [5.74, 6) is 0.453. The van der Waals surface area contributed by atoms with Crippen LogP contribution in [0.3, 0.4) is 0 Å². The standard InChI is InChI=1S/C28H40N4O3/c1-16(12-19-13-17-6-4-5-7-23(17)32-19)21-14-18-8-9-20(21)25-22(27(18,2)34)15-24(33)28(25,35)10-11-31-26(29)30-3/h4-7,13,18,20-22,24-25,32-35H,1,8-12,14-15H2,2-3H3,(H3,29,30,31)/t18-,20+,21-,22+,24-,25+,27-,28+/m1/s1. The summed E-state index contributed by atoms with van der Waals surface area (Å²) in [5.41, 5.74) is 6.98. The van der Waals surface area contributed by atoms with Gasteiger partial charge in [0.1, 0.15) is 0 Å². The maximum atomic E-state index is 12.0. The first kappa shape index (κ1) is 24.3. The van der Waals surface area contributed by atoms with Gasteiger partial charge in [-0.1, -0.05) is 30.4 Å². The lowest BCUT2D eigenvalue weighted by Crippen LogP contribution is -2.51. The van der Waals surface area contributed by atoms with Crippen LogP contribution in [0.15, 0.2) is 47.5 Å². The van der Waals surface area contributed by atoms with Gasteiger partial charge in [0.05, 0.1) is 17.3 Å². The Hall–Kier alpha value is -2.35. The van der Waals surface area contributed by atoms with Crippen LogP contribution in [0.4, 0.5) is 0 Å². The molecule has 190 valence electrons. The Morgan fingerprint density at radius 2 is 2.03 bits per heavy atom. The quantitative estimate of drug-likeness (QED) is 0.215. The number of benzene rings is 1. The van der Waals surface area contributed by atoms with Gasteiger partial charge in [0.2, 0.25) is 0 Å². The number of aliphatic hydroxyl groups is 3. The molecule has 2 bridgehead atoms. The van der Waals surface area contributed by atoms with Gasteiger partial charge in [-0.05, 0) is 86.1 Å². The van der Waals surface area contributed by atoms with E-state index in [0.717, 1.165) is 42.5 Å². The Labute approximate surface area is 207 Å². The van der Waals surface area contributed by atoms with E-state index in [1.807, 2.05) is 19.1 Å². The Morgan fingerprint density at radius 3 is 2.77 bits per heavy atom. The molecule has 0 unspecified atom stereocenters. The fourth-order valence-corrected chi connectivity index (χ4v) is 7.77. The Morgan fingerprint density at radius 1 is 1.26 bits per heavy atom. The zero-order chi connectivity index (χ0) is 25.0. The average Bonchev–Trinajstić information content (AvgIpc) is 3.30. The van der Waals surface area contributed by atoms with Gasteiger partial charge in [-0.15, -0.1) is 0 Å². The van der Waals surface area contributed by atoms with Crippen molar-refractivity contribution in [1.29, 1.82) is 0 Å². The van der Waals surface area contributed by atoms with Gasteiger partial charge < -0.3 is 31.4 Å². The van der Waals surface area contributed by atoms with Crippen molar-refractivity contribution in [2.24, 2.45) is 40.3 Å². The fraction of sp³-hybridized carbons (Fsp3) is 0.607. The number of para-hydroxylation sites is 1. The molecular weight excluding hydrogens is 440 g/mol. The van der Waals surface area contributed by atoms with E-state index in [0.29, 0.717) is 25.3 Å². The summed E-state index contributed by atoms with van der Waals surface area (Å²) in [6, 6.07) is 10.5. The number of aliphatic hydroxyl groups excluding tert-OH is 1. The molecule has 4 fully saturated rings.